The van der Waals surface area contributed by atoms with Crippen LogP contribution < -0.4 is 4.74 Å². The maximum atomic E-state index is 13.4. The number of fused-ring (bicyclic) bond motifs is 1. The second kappa shape index (κ2) is 10.1. The Labute approximate surface area is 195 Å². The van der Waals surface area contributed by atoms with Gasteiger partial charge in [-0.05, 0) is 39.7 Å². The van der Waals surface area contributed by atoms with Crippen molar-refractivity contribution in [2.45, 2.75) is 64.7 Å². The van der Waals surface area contributed by atoms with E-state index in [1.165, 1.54) is 6.20 Å². The first-order valence-electron chi connectivity index (χ1n) is 11.6. The number of hydrogen-bond donors (Lipinski definition) is 2. The molecule has 1 fully saturated rings. The van der Waals surface area contributed by atoms with Crippen molar-refractivity contribution in [2.24, 2.45) is 11.8 Å². The number of likely N-dealkylation sites (N-methyl/N-ethyl adjacent to an activating group) is 1. The second-order valence-corrected chi connectivity index (χ2v) is 9.86. The van der Waals surface area contributed by atoms with Gasteiger partial charge in [0.1, 0.15) is 17.3 Å². The molecule has 180 valence electrons. The topological polar surface area (TPSA) is 103 Å². The molecule has 1 aliphatic heterocycles. The van der Waals surface area contributed by atoms with Crippen molar-refractivity contribution in [2.75, 3.05) is 26.7 Å². The van der Waals surface area contributed by atoms with E-state index in [0.717, 1.165) is 19.3 Å². The van der Waals surface area contributed by atoms with Gasteiger partial charge < -0.3 is 24.7 Å². The van der Waals surface area contributed by atoms with Gasteiger partial charge in [0.15, 0.2) is 0 Å². The molecule has 2 heterocycles. The Balaban J connectivity index is 1.94. The fourth-order valence-electron chi connectivity index (χ4n) is 3.94. The standard InChI is InChI=1S/C25H35N3O5/c1-16-13-28(17(2)15-29)24(31)20-11-18(9-10-25(3,4)32)12-26-22(20)33-21(16)14-27(5)23(30)19-7-6-8-19/h11-12,16-17,19,21,29,32H,6-8,13-15H2,1-5H3/t16-,17+,21+/m1/s1. The van der Waals surface area contributed by atoms with Gasteiger partial charge >= 0.3 is 0 Å². The zero-order chi connectivity index (χ0) is 24.3. The Morgan fingerprint density at radius 3 is 2.70 bits per heavy atom. The van der Waals surface area contributed by atoms with Crippen LogP contribution in [0, 0.1) is 23.7 Å². The van der Waals surface area contributed by atoms with Crippen LogP contribution in [0.25, 0.3) is 0 Å². The van der Waals surface area contributed by atoms with E-state index in [1.54, 1.807) is 43.7 Å². The summed E-state index contributed by atoms with van der Waals surface area (Å²) in [5.74, 6) is 5.59. The van der Waals surface area contributed by atoms with Gasteiger partial charge in [-0.15, -0.1) is 0 Å². The Hall–Kier alpha value is -2.63. The summed E-state index contributed by atoms with van der Waals surface area (Å²) in [7, 11) is 1.79. The fourth-order valence-corrected chi connectivity index (χ4v) is 3.94. The average molecular weight is 458 g/mol. The van der Waals surface area contributed by atoms with E-state index in [9.17, 15) is 19.8 Å². The van der Waals surface area contributed by atoms with Crippen LogP contribution in [0.4, 0.5) is 0 Å². The molecule has 3 rings (SSSR count). The number of ether oxygens (including phenoxy) is 1. The third kappa shape index (κ3) is 6.04. The first kappa shape index (κ1) is 25.0. The molecule has 2 N–H and O–H groups in total. The molecule has 8 nitrogen and oxygen atoms in total. The summed E-state index contributed by atoms with van der Waals surface area (Å²) < 4.78 is 6.22. The Morgan fingerprint density at radius 1 is 1.42 bits per heavy atom. The van der Waals surface area contributed by atoms with Gasteiger partial charge in [0.05, 0.1) is 19.2 Å². The number of aliphatic hydroxyl groups excluding tert-OH is 1. The van der Waals surface area contributed by atoms with Gasteiger partial charge in [-0.2, -0.15) is 0 Å². The average Bonchev–Trinajstić information content (AvgIpc) is 2.72. The molecule has 0 aromatic carbocycles. The van der Waals surface area contributed by atoms with Crippen molar-refractivity contribution in [3.8, 4) is 17.7 Å². The molecule has 2 aliphatic rings. The van der Waals surface area contributed by atoms with Crippen molar-refractivity contribution in [3.05, 3.63) is 23.4 Å². The predicted octanol–water partition coefficient (Wildman–Crippen LogP) is 1.68. The zero-order valence-corrected chi connectivity index (χ0v) is 20.2. The van der Waals surface area contributed by atoms with Gasteiger partial charge in [-0.3, -0.25) is 9.59 Å². The number of aromatic nitrogens is 1. The lowest BCUT2D eigenvalue weighted by Gasteiger charge is -2.38. The van der Waals surface area contributed by atoms with Crippen LogP contribution in [0.15, 0.2) is 12.3 Å². The number of carbonyl (C=O) groups is 2. The Bertz CT molecular complexity index is 942. The third-order valence-electron chi connectivity index (χ3n) is 6.32. The van der Waals surface area contributed by atoms with E-state index in [0.29, 0.717) is 18.7 Å². The highest BCUT2D eigenvalue weighted by molar-refractivity contribution is 5.97. The molecule has 0 radical (unpaired) electrons. The van der Waals surface area contributed by atoms with Crippen LogP contribution in [0.5, 0.6) is 5.88 Å². The lowest BCUT2D eigenvalue weighted by Crippen LogP contribution is -2.51. The zero-order valence-electron chi connectivity index (χ0n) is 20.2. The van der Waals surface area contributed by atoms with Gasteiger partial charge in [-0.25, -0.2) is 4.98 Å². The quantitative estimate of drug-likeness (QED) is 0.652. The van der Waals surface area contributed by atoms with Gasteiger partial charge in [0.25, 0.3) is 5.91 Å². The minimum atomic E-state index is -1.18. The molecule has 8 heteroatoms. The Morgan fingerprint density at radius 2 is 2.12 bits per heavy atom. The van der Waals surface area contributed by atoms with Crippen LogP contribution in [-0.2, 0) is 4.79 Å². The highest BCUT2D eigenvalue weighted by Gasteiger charge is 2.36. The largest absolute Gasteiger partial charge is 0.472 e. The lowest BCUT2D eigenvalue weighted by atomic mass is 9.84. The van der Waals surface area contributed by atoms with E-state index in [1.807, 2.05) is 6.92 Å². The monoisotopic (exact) mass is 457 g/mol. The van der Waals surface area contributed by atoms with Crippen molar-refractivity contribution < 1.29 is 24.5 Å². The van der Waals surface area contributed by atoms with Crippen molar-refractivity contribution >= 4 is 11.8 Å². The van der Waals surface area contributed by atoms with Crippen LogP contribution in [0.3, 0.4) is 0 Å². The van der Waals surface area contributed by atoms with Crippen LogP contribution in [0.2, 0.25) is 0 Å². The second-order valence-electron chi connectivity index (χ2n) is 9.86. The lowest BCUT2D eigenvalue weighted by molar-refractivity contribution is -0.138. The number of carbonyl (C=O) groups excluding carboxylic acids is 2. The summed E-state index contributed by atoms with van der Waals surface area (Å²) in [5, 5.41) is 19.7. The number of pyridine rings is 1. The summed E-state index contributed by atoms with van der Waals surface area (Å²) in [4.78, 5) is 33.8. The molecular weight excluding hydrogens is 422 g/mol. The number of nitrogens with zero attached hydrogens (tertiary/aromatic N) is 3. The highest BCUT2D eigenvalue weighted by Crippen LogP contribution is 2.30. The van der Waals surface area contributed by atoms with E-state index < -0.39 is 11.6 Å². The van der Waals surface area contributed by atoms with Crippen molar-refractivity contribution in [3.63, 3.8) is 0 Å². The third-order valence-corrected chi connectivity index (χ3v) is 6.32. The SMILES string of the molecule is C[C@@H]1CN([C@@H](C)CO)C(=O)c2cc(C#CC(C)(C)O)cnc2O[C@H]1CN(C)C(=O)C1CCC1. The van der Waals surface area contributed by atoms with E-state index in [2.05, 4.69) is 16.8 Å². The summed E-state index contributed by atoms with van der Waals surface area (Å²) in [6.45, 7) is 7.50. The molecule has 1 aromatic rings. The number of amides is 2. The summed E-state index contributed by atoms with van der Waals surface area (Å²) >= 11 is 0. The molecule has 1 aliphatic carbocycles. The van der Waals surface area contributed by atoms with Crippen LogP contribution in [0.1, 0.15) is 62.9 Å². The molecule has 0 saturated heterocycles. The van der Waals surface area contributed by atoms with Crippen LogP contribution >= 0.6 is 0 Å². The number of hydrogen-bond acceptors (Lipinski definition) is 6. The van der Waals surface area contributed by atoms with Crippen LogP contribution in [-0.4, -0.2) is 81.3 Å². The maximum Gasteiger partial charge on any atom is 0.259 e. The van der Waals surface area contributed by atoms with E-state index in [4.69, 9.17) is 4.74 Å². The summed E-state index contributed by atoms with van der Waals surface area (Å²) in [5.41, 5.74) is -0.449. The summed E-state index contributed by atoms with van der Waals surface area (Å²) in [6, 6.07) is 1.21. The van der Waals surface area contributed by atoms with E-state index >= 15 is 0 Å². The van der Waals surface area contributed by atoms with Gasteiger partial charge in [0.2, 0.25) is 11.8 Å². The smallest absolute Gasteiger partial charge is 0.259 e. The van der Waals surface area contributed by atoms with E-state index in [-0.39, 0.29) is 47.8 Å². The molecule has 2 amide bonds. The Kier molecular flexibility index (Phi) is 7.65. The maximum absolute atomic E-state index is 13.4. The highest BCUT2D eigenvalue weighted by atomic mass is 16.5. The molecule has 1 saturated carbocycles. The molecule has 0 unspecified atom stereocenters. The van der Waals surface area contributed by atoms with Gasteiger partial charge in [-0.1, -0.05) is 25.2 Å². The normalized spacial score (nSPS) is 22.0. The molecule has 33 heavy (non-hydrogen) atoms. The first-order valence-corrected chi connectivity index (χ1v) is 11.6. The van der Waals surface area contributed by atoms with Gasteiger partial charge in [0, 0.05) is 37.2 Å². The minimum Gasteiger partial charge on any atom is -0.472 e. The number of aliphatic hydroxyl groups is 2. The first-order chi connectivity index (χ1) is 15.5. The predicted molar refractivity (Wildman–Crippen MR) is 124 cm³/mol. The number of rotatable bonds is 5. The minimum absolute atomic E-state index is 0.0914. The summed E-state index contributed by atoms with van der Waals surface area (Å²) in [6.07, 6.45) is 4.09. The molecule has 0 spiro atoms. The molecule has 0 bridgehead atoms. The molecular formula is C25H35N3O5. The van der Waals surface area contributed by atoms with Crippen molar-refractivity contribution in [1.82, 2.24) is 14.8 Å². The molecule has 1 aromatic heterocycles. The fraction of sp³-hybridized carbons (Fsp3) is 0.640. The molecule has 3 atom stereocenters. The van der Waals surface area contributed by atoms with Crippen molar-refractivity contribution in [1.29, 1.82) is 0 Å².